The molecule has 2 unspecified atom stereocenters. The summed E-state index contributed by atoms with van der Waals surface area (Å²) in [6.45, 7) is 0.198. The highest BCUT2D eigenvalue weighted by molar-refractivity contribution is 7.89. The molecular weight excluding hydrogens is 290 g/mol. The molecule has 21 heavy (non-hydrogen) atoms. The van der Waals surface area contributed by atoms with Crippen molar-refractivity contribution in [3.8, 4) is 11.8 Å². The monoisotopic (exact) mass is 309 g/mol. The van der Waals surface area contributed by atoms with Crippen LogP contribution in [0, 0.1) is 11.8 Å². The summed E-state index contributed by atoms with van der Waals surface area (Å²) in [7, 11) is -3.71. The molecule has 0 saturated heterocycles. The molecule has 0 spiro atoms. The average Bonchev–Trinajstić information content (AvgIpc) is 2.48. The number of nitrogens with two attached hydrogens (primary N) is 1. The average molecular weight is 309 g/mol. The first-order chi connectivity index (χ1) is 10.0. The number of nitrogens with zero attached hydrogens (tertiary/aromatic N) is 1. The van der Waals surface area contributed by atoms with E-state index in [2.05, 4.69) is 21.5 Å². The molecule has 1 aromatic heterocycles. The maximum Gasteiger partial charge on any atom is 0.242 e. The molecule has 2 rings (SSSR count). The van der Waals surface area contributed by atoms with E-state index in [0.717, 1.165) is 12.8 Å². The zero-order chi connectivity index (χ0) is 15.3. The second-order valence-electron chi connectivity index (χ2n) is 4.99. The van der Waals surface area contributed by atoms with Crippen LogP contribution in [-0.2, 0) is 10.0 Å². The first-order valence-electron chi connectivity index (χ1n) is 6.87. The molecule has 6 nitrogen and oxygen atoms in total. The van der Waals surface area contributed by atoms with Crippen LogP contribution in [0.2, 0.25) is 0 Å². The van der Waals surface area contributed by atoms with E-state index in [1.165, 1.54) is 18.5 Å². The number of rotatable bonds is 3. The van der Waals surface area contributed by atoms with Crippen LogP contribution in [0.5, 0.6) is 0 Å². The standard InChI is InChI=1S/C14H19N3O3S/c15-7-3-4-11-8-12(10-16-9-11)21(19,20)17-13-5-1-2-6-14(13)18/h8-10,13-14,17-18H,1-2,5-7,15H2. The van der Waals surface area contributed by atoms with Crippen LogP contribution in [-0.4, -0.2) is 37.2 Å². The van der Waals surface area contributed by atoms with E-state index in [1.54, 1.807) is 0 Å². The third-order valence-corrected chi connectivity index (χ3v) is 4.85. The molecule has 1 heterocycles. The van der Waals surface area contributed by atoms with Gasteiger partial charge in [0.15, 0.2) is 0 Å². The van der Waals surface area contributed by atoms with E-state index in [9.17, 15) is 13.5 Å². The molecule has 2 atom stereocenters. The Labute approximate surface area is 124 Å². The van der Waals surface area contributed by atoms with Crippen LogP contribution in [0.3, 0.4) is 0 Å². The van der Waals surface area contributed by atoms with Crippen LogP contribution < -0.4 is 10.5 Å². The number of hydrogen-bond acceptors (Lipinski definition) is 5. The van der Waals surface area contributed by atoms with Crippen molar-refractivity contribution < 1.29 is 13.5 Å². The minimum absolute atomic E-state index is 0.0455. The number of aliphatic hydroxyl groups excluding tert-OH is 1. The lowest BCUT2D eigenvalue weighted by Gasteiger charge is -2.28. The third kappa shape index (κ3) is 4.25. The summed E-state index contributed by atoms with van der Waals surface area (Å²) in [5.74, 6) is 5.40. The van der Waals surface area contributed by atoms with Crippen LogP contribution in [0.25, 0.3) is 0 Å². The van der Waals surface area contributed by atoms with Crippen molar-refractivity contribution in [2.75, 3.05) is 6.54 Å². The van der Waals surface area contributed by atoms with E-state index in [0.29, 0.717) is 18.4 Å². The summed E-state index contributed by atoms with van der Waals surface area (Å²) in [5, 5.41) is 9.87. The summed E-state index contributed by atoms with van der Waals surface area (Å²) >= 11 is 0. The van der Waals surface area contributed by atoms with Crippen LogP contribution in [0.15, 0.2) is 23.4 Å². The van der Waals surface area contributed by atoms with Gasteiger partial charge in [-0.05, 0) is 18.9 Å². The minimum Gasteiger partial charge on any atom is -0.391 e. The third-order valence-electron chi connectivity index (χ3n) is 3.39. The molecule has 4 N–H and O–H groups in total. The van der Waals surface area contributed by atoms with E-state index >= 15 is 0 Å². The molecule has 1 fully saturated rings. The highest BCUT2D eigenvalue weighted by atomic mass is 32.2. The predicted molar refractivity (Wildman–Crippen MR) is 78.8 cm³/mol. The fraction of sp³-hybridized carbons (Fsp3) is 0.500. The fourth-order valence-electron chi connectivity index (χ4n) is 2.30. The van der Waals surface area contributed by atoms with Crippen molar-refractivity contribution in [1.82, 2.24) is 9.71 Å². The SMILES string of the molecule is NCC#Cc1cncc(S(=O)(=O)NC2CCCCC2O)c1. The maximum absolute atomic E-state index is 12.3. The van der Waals surface area contributed by atoms with E-state index < -0.39 is 22.2 Å². The van der Waals surface area contributed by atoms with Gasteiger partial charge in [0, 0.05) is 24.0 Å². The van der Waals surface area contributed by atoms with Gasteiger partial charge in [0.25, 0.3) is 0 Å². The van der Waals surface area contributed by atoms with Gasteiger partial charge in [-0.3, -0.25) is 4.98 Å². The maximum atomic E-state index is 12.3. The molecule has 7 heteroatoms. The Kier molecular flexibility index (Phi) is 5.31. The van der Waals surface area contributed by atoms with Crippen LogP contribution >= 0.6 is 0 Å². The van der Waals surface area contributed by atoms with Gasteiger partial charge in [-0.2, -0.15) is 0 Å². The van der Waals surface area contributed by atoms with Crippen LogP contribution in [0.4, 0.5) is 0 Å². The lowest BCUT2D eigenvalue weighted by molar-refractivity contribution is 0.101. The molecule has 1 aliphatic rings. The van der Waals surface area contributed by atoms with Crippen molar-refractivity contribution in [3.63, 3.8) is 0 Å². The number of nitrogens with one attached hydrogen (secondary N) is 1. The number of aromatic nitrogens is 1. The molecule has 1 aliphatic carbocycles. The van der Waals surface area contributed by atoms with E-state index in [4.69, 9.17) is 5.73 Å². The van der Waals surface area contributed by atoms with Crippen molar-refractivity contribution in [3.05, 3.63) is 24.0 Å². The van der Waals surface area contributed by atoms with Crippen LogP contribution in [0.1, 0.15) is 31.2 Å². The fourth-order valence-corrected chi connectivity index (χ4v) is 3.59. The van der Waals surface area contributed by atoms with Crippen molar-refractivity contribution in [2.45, 2.75) is 42.7 Å². The number of pyridine rings is 1. The number of hydrogen-bond donors (Lipinski definition) is 3. The Morgan fingerprint density at radius 2 is 2.14 bits per heavy atom. The zero-order valence-electron chi connectivity index (χ0n) is 11.6. The van der Waals surface area contributed by atoms with Crippen molar-refractivity contribution >= 4 is 10.0 Å². The molecule has 0 bridgehead atoms. The summed E-state index contributed by atoms with van der Waals surface area (Å²) in [6.07, 6.45) is 5.20. The summed E-state index contributed by atoms with van der Waals surface area (Å²) in [6, 6.07) is 1.01. The topological polar surface area (TPSA) is 105 Å². The molecule has 114 valence electrons. The second-order valence-corrected chi connectivity index (χ2v) is 6.71. The van der Waals surface area contributed by atoms with E-state index in [-0.39, 0.29) is 11.4 Å². The Bertz CT molecular complexity index is 649. The molecule has 0 aliphatic heterocycles. The predicted octanol–water partition coefficient (Wildman–Crippen LogP) is -0.0264. The highest BCUT2D eigenvalue weighted by Crippen LogP contribution is 2.20. The zero-order valence-corrected chi connectivity index (χ0v) is 12.4. The van der Waals surface area contributed by atoms with Crippen molar-refractivity contribution in [1.29, 1.82) is 0 Å². The van der Waals surface area contributed by atoms with Gasteiger partial charge in [-0.15, -0.1) is 0 Å². The minimum atomic E-state index is -3.71. The Morgan fingerprint density at radius 3 is 2.86 bits per heavy atom. The van der Waals surface area contributed by atoms with Gasteiger partial charge in [-0.1, -0.05) is 24.7 Å². The first kappa shape index (κ1) is 15.9. The van der Waals surface area contributed by atoms with Gasteiger partial charge in [0.1, 0.15) is 4.90 Å². The molecule has 0 aromatic carbocycles. The van der Waals surface area contributed by atoms with Gasteiger partial charge in [-0.25, -0.2) is 13.1 Å². The lowest BCUT2D eigenvalue weighted by atomic mass is 9.93. The molecule has 0 amide bonds. The molecule has 1 saturated carbocycles. The number of sulfonamides is 1. The smallest absolute Gasteiger partial charge is 0.242 e. The highest BCUT2D eigenvalue weighted by Gasteiger charge is 2.28. The van der Waals surface area contributed by atoms with Crippen molar-refractivity contribution in [2.24, 2.45) is 5.73 Å². The lowest BCUT2D eigenvalue weighted by Crippen LogP contribution is -2.44. The van der Waals surface area contributed by atoms with Gasteiger partial charge < -0.3 is 10.8 Å². The Hall–Kier alpha value is -1.46. The summed E-state index contributed by atoms with van der Waals surface area (Å²) in [5.41, 5.74) is 5.78. The molecule has 0 radical (unpaired) electrons. The Morgan fingerprint density at radius 1 is 1.38 bits per heavy atom. The van der Waals surface area contributed by atoms with Gasteiger partial charge in [0.2, 0.25) is 10.0 Å². The van der Waals surface area contributed by atoms with Gasteiger partial charge in [0.05, 0.1) is 12.6 Å². The summed E-state index contributed by atoms with van der Waals surface area (Å²) in [4.78, 5) is 3.94. The summed E-state index contributed by atoms with van der Waals surface area (Å²) < 4.78 is 27.2. The second kappa shape index (κ2) is 7.00. The van der Waals surface area contributed by atoms with Gasteiger partial charge >= 0.3 is 0 Å². The Balaban J connectivity index is 2.19. The van der Waals surface area contributed by atoms with E-state index in [1.807, 2.05) is 0 Å². The largest absolute Gasteiger partial charge is 0.391 e. The normalized spacial score (nSPS) is 22.4. The molecule has 1 aromatic rings. The molecular formula is C14H19N3O3S. The number of aliphatic hydroxyl groups is 1. The quantitative estimate of drug-likeness (QED) is 0.680. The first-order valence-corrected chi connectivity index (χ1v) is 8.35.